The first-order chi connectivity index (χ1) is 13.5. The van der Waals surface area contributed by atoms with Crippen LogP contribution in [-0.4, -0.2) is 15.0 Å². The molecule has 0 saturated heterocycles. The molecule has 4 aromatic rings. The monoisotopic (exact) mass is 443 g/mol. The average Bonchev–Trinajstić information content (AvgIpc) is 3.39. The molecule has 0 atom stereocenters. The number of nitrogens with zero attached hydrogens (tertiary/aromatic N) is 3. The number of fused-ring (bicyclic) bond motifs is 2. The number of para-hydroxylation sites is 1. The minimum Gasteiger partial charge on any atom is -0.232 e. The standard InChI is InChI=1S/C15H10N3.C7H9.2ClH.Ti/c1-2-6-12-10-13(9-11(12)5-1)18-15-8-4-3-7-14(15)16-17-18;1-7(2)5-3-4-6-7;;;/h1-10H;3-5H,1-2H3;2*1H;/q2*-1;;;+2/p-2. The first-order valence-corrected chi connectivity index (χ1v) is 13.0. The van der Waals surface area contributed by atoms with E-state index in [2.05, 4.69) is 60.6 Å². The zero-order valence-corrected chi connectivity index (χ0v) is 18.7. The van der Waals surface area contributed by atoms with E-state index in [1.807, 2.05) is 53.2 Å². The average molecular weight is 444 g/mol. The van der Waals surface area contributed by atoms with Crippen LogP contribution in [-0.2, 0) is 17.0 Å². The Bertz CT molecular complexity index is 1060. The topological polar surface area (TPSA) is 30.7 Å². The smallest absolute Gasteiger partial charge is 0.113 e. The van der Waals surface area contributed by atoms with Gasteiger partial charge in [0.25, 0.3) is 0 Å². The third kappa shape index (κ3) is 5.18. The Kier molecular flexibility index (Phi) is 7.20. The van der Waals surface area contributed by atoms with Crippen molar-refractivity contribution >= 4 is 40.4 Å². The van der Waals surface area contributed by atoms with Crippen molar-refractivity contribution in [2.75, 3.05) is 0 Å². The van der Waals surface area contributed by atoms with Crippen molar-refractivity contribution in [1.82, 2.24) is 15.0 Å². The van der Waals surface area contributed by atoms with Crippen LogP contribution in [0.5, 0.6) is 0 Å². The van der Waals surface area contributed by atoms with Gasteiger partial charge in [-0.25, -0.2) is 16.8 Å². The third-order valence-corrected chi connectivity index (χ3v) is 4.26. The van der Waals surface area contributed by atoms with Crippen molar-refractivity contribution < 1.29 is 17.0 Å². The molecule has 0 saturated carbocycles. The summed E-state index contributed by atoms with van der Waals surface area (Å²) < 4.78 is 1.88. The van der Waals surface area contributed by atoms with E-state index in [-0.39, 0.29) is 5.41 Å². The van der Waals surface area contributed by atoms with E-state index in [0.717, 1.165) is 16.7 Å². The van der Waals surface area contributed by atoms with E-state index in [1.165, 1.54) is 10.8 Å². The number of rotatable bonds is 1. The fourth-order valence-corrected chi connectivity index (χ4v) is 2.92. The van der Waals surface area contributed by atoms with E-state index in [1.54, 1.807) is 0 Å². The van der Waals surface area contributed by atoms with Gasteiger partial charge in [0.15, 0.2) is 0 Å². The Hall–Kier alpha value is -1.78. The van der Waals surface area contributed by atoms with Crippen molar-refractivity contribution in [2.24, 2.45) is 5.41 Å². The van der Waals surface area contributed by atoms with E-state index >= 15 is 0 Å². The van der Waals surface area contributed by atoms with Crippen LogP contribution >= 0.6 is 18.6 Å². The Balaban J connectivity index is 0.000000188. The zero-order valence-electron chi connectivity index (χ0n) is 15.6. The van der Waals surface area contributed by atoms with Gasteiger partial charge in [0, 0.05) is 0 Å². The van der Waals surface area contributed by atoms with E-state index in [0.29, 0.717) is 0 Å². The molecule has 28 heavy (non-hydrogen) atoms. The minimum absolute atomic E-state index is 0.208. The largest absolute Gasteiger partial charge is 0.232 e. The van der Waals surface area contributed by atoms with Gasteiger partial charge in [0.2, 0.25) is 0 Å². The van der Waals surface area contributed by atoms with Gasteiger partial charge in [-0.3, -0.25) is 6.08 Å². The van der Waals surface area contributed by atoms with Crippen LogP contribution in [0.25, 0.3) is 27.5 Å². The first-order valence-electron chi connectivity index (χ1n) is 8.75. The molecular weight excluding hydrogens is 425 g/mol. The molecule has 1 aliphatic rings. The summed E-state index contributed by atoms with van der Waals surface area (Å²) in [6, 6.07) is 20.6. The third-order valence-electron chi connectivity index (χ3n) is 4.26. The fraction of sp³-hybridized carbons (Fsp3) is 0.136. The van der Waals surface area contributed by atoms with Crippen molar-refractivity contribution in [3.05, 3.63) is 85.0 Å². The Morgan fingerprint density at radius 3 is 2.43 bits per heavy atom. The Morgan fingerprint density at radius 1 is 1.07 bits per heavy atom. The summed E-state index contributed by atoms with van der Waals surface area (Å²) in [6.07, 6.45) is 9.28. The van der Waals surface area contributed by atoms with Gasteiger partial charge >= 0.3 is 35.6 Å². The molecule has 1 heterocycles. The quantitative estimate of drug-likeness (QED) is 0.244. The number of benzene rings is 2. The summed E-state index contributed by atoms with van der Waals surface area (Å²) in [5.41, 5.74) is 3.22. The molecule has 6 heteroatoms. The molecule has 0 aliphatic heterocycles. The van der Waals surface area contributed by atoms with Gasteiger partial charge in [-0.05, 0) is 17.8 Å². The van der Waals surface area contributed by atoms with Crippen LogP contribution < -0.4 is 0 Å². The predicted molar refractivity (Wildman–Crippen MR) is 114 cm³/mol. The van der Waals surface area contributed by atoms with E-state index in [9.17, 15) is 0 Å². The number of allylic oxidation sites excluding steroid dienone is 4. The zero-order chi connectivity index (χ0) is 20.0. The van der Waals surface area contributed by atoms with Crippen LogP contribution in [0.4, 0.5) is 0 Å². The van der Waals surface area contributed by atoms with Crippen molar-refractivity contribution in [3.63, 3.8) is 0 Å². The van der Waals surface area contributed by atoms with Gasteiger partial charge < -0.3 is 0 Å². The summed E-state index contributed by atoms with van der Waals surface area (Å²) in [5, 5.41) is 10.9. The molecule has 0 N–H and O–H groups in total. The first kappa shape index (κ1) is 20.9. The second-order valence-electron chi connectivity index (χ2n) is 6.80. The maximum atomic E-state index is 4.89. The molecule has 0 spiro atoms. The summed E-state index contributed by atoms with van der Waals surface area (Å²) in [7, 11) is 9.78. The number of aromatic nitrogens is 3. The van der Waals surface area contributed by atoms with Crippen LogP contribution in [0.15, 0.2) is 78.9 Å². The fourth-order valence-electron chi connectivity index (χ4n) is 2.92. The molecule has 0 amide bonds. The number of hydrogen-bond acceptors (Lipinski definition) is 2. The van der Waals surface area contributed by atoms with E-state index < -0.39 is 17.0 Å². The second kappa shape index (κ2) is 9.62. The molecule has 3 nitrogen and oxygen atoms in total. The van der Waals surface area contributed by atoms with Gasteiger partial charge in [0.1, 0.15) is 5.52 Å². The van der Waals surface area contributed by atoms with Crippen molar-refractivity contribution in [2.45, 2.75) is 13.8 Å². The van der Waals surface area contributed by atoms with Crippen LogP contribution in [0.2, 0.25) is 0 Å². The summed E-state index contributed by atoms with van der Waals surface area (Å²) in [5.74, 6) is 0. The van der Waals surface area contributed by atoms with E-state index in [4.69, 9.17) is 18.6 Å². The molecule has 5 rings (SSSR count). The van der Waals surface area contributed by atoms with Crippen LogP contribution in [0.3, 0.4) is 0 Å². The maximum absolute atomic E-state index is 4.89. The van der Waals surface area contributed by atoms with Gasteiger partial charge in [-0.15, -0.1) is 46.2 Å². The SMILES string of the molecule is CC1(C)[C-]=CC=C1.[Cl][Ti][Cl].c1ccc2[cH-]c(-n3nnc4ccccc43)cc2c1. The Labute approximate surface area is 181 Å². The molecule has 1 aliphatic carbocycles. The van der Waals surface area contributed by atoms with Crippen molar-refractivity contribution in [3.8, 4) is 5.69 Å². The molecule has 0 bridgehead atoms. The minimum atomic E-state index is -0.556. The van der Waals surface area contributed by atoms with Crippen LogP contribution in [0, 0.1) is 11.5 Å². The molecule has 3 aromatic carbocycles. The van der Waals surface area contributed by atoms with Crippen molar-refractivity contribution in [1.29, 1.82) is 0 Å². The molecule has 142 valence electrons. The number of hydrogen-bond donors (Lipinski definition) is 0. The Morgan fingerprint density at radius 2 is 1.79 bits per heavy atom. The molecule has 1 aromatic heterocycles. The van der Waals surface area contributed by atoms with Gasteiger partial charge in [-0.1, -0.05) is 42.7 Å². The predicted octanol–water partition coefficient (Wildman–Crippen LogP) is 6.61. The molecule has 0 unspecified atom stereocenters. The number of halogens is 2. The maximum Gasteiger partial charge on any atom is 0.113 e. The normalized spacial score (nSPS) is 13.7. The molecule has 0 radical (unpaired) electrons. The van der Waals surface area contributed by atoms with Crippen LogP contribution in [0.1, 0.15) is 13.8 Å². The summed E-state index contributed by atoms with van der Waals surface area (Å²) >= 11 is -0.556. The summed E-state index contributed by atoms with van der Waals surface area (Å²) in [4.78, 5) is 0. The summed E-state index contributed by atoms with van der Waals surface area (Å²) in [6.45, 7) is 4.26. The van der Waals surface area contributed by atoms with Gasteiger partial charge in [0.05, 0.1) is 5.52 Å². The second-order valence-corrected chi connectivity index (χ2v) is 9.37. The molecular formula is C22H19Cl2N3Ti-2. The van der Waals surface area contributed by atoms with Gasteiger partial charge in [-0.2, -0.15) is 6.08 Å². The molecule has 0 fully saturated rings.